The molecule has 0 spiro atoms. The molecule has 0 unspecified atom stereocenters. The molecule has 29 heavy (non-hydrogen) atoms. The first kappa shape index (κ1) is 21.6. The molecule has 154 valence electrons. The normalized spacial score (nSPS) is 17.5. The number of allylic oxidation sites excluding steroid dienone is 3. The van der Waals surface area contributed by atoms with Crippen LogP contribution in [-0.2, 0) is 16.0 Å². The van der Waals surface area contributed by atoms with Gasteiger partial charge < -0.3 is 10.1 Å². The lowest BCUT2D eigenvalue weighted by Crippen LogP contribution is -2.25. The van der Waals surface area contributed by atoms with Gasteiger partial charge in [0.05, 0.1) is 25.7 Å². The molecule has 0 atom stereocenters. The Morgan fingerprint density at radius 2 is 2.24 bits per heavy atom. The fraction of sp³-hybridized carbons (Fsp3) is 0.333. The summed E-state index contributed by atoms with van der Waals surface area (Å²) in [4.78, 5) is 13.2. The number of carbonyl (C=O) groups excluding carboxylic acids is 1. The standard InChI is InChI=1S/C21H25ClN4O2S/c1-24-26(10-11-28-18-8-9-18)14-16-6-7-17(13-20(16)29-23)25-21(27)12-15-4-2-3-5-19(15)22/h2-5,7,13-14,18H,1,6,8-12,23H2,(H,25,27)/b16-14+. The van der Waals surface area contributed by atoms with Crippen LogP contribution in [0.1, 0.15) is 24.8 Å². The van der Waals surface area contributed by atoms with Gasteiger partial charge in [-0.05, 0) is 54.5 Å². The summed E-state index contributed by atoms with van der Waals surface area (Å²) in [6.07, 6.45) is 9.31. The highest BCUT2D eigenvalue weighted by atomic mass is 35.5. The molecule has 1 saturated carbocycles. The van der Waals surface area contributed by atoms with Crippen LogP contribution < -0.4 is 10.5 Å². The van der Waals surface area contributed by atoms with Gasteiger partial charge in [0, 0.05) is 28.5 Å². The van der Waals surface area contributed by atoms with E-state index in [-0.39, 0.29) is 12.3 Å². The summed E-state index contributed by atoms with van der Waals surface area (Å²) < 4.78 is 5.67. The topological polar surface area (TPSA) is 80.0 Å². The number of hydrogen-bond acceptors (Lipinski definition) is 6. The van der Waals surface area contributed by atoms with Crippen LogP contribution in [0.25, 0.3) is 0 Å². The predicted octanol–water partition coefficient (Wildman–Crippen LogP) is 3.76. The van der Waals surface area contributed by atoms with E-state index in [2.05, 4.69) is 17.1 Å². The molecule has 8 heteroatoms. The zero-order chi connectivity index (χ0) is 20.6. The van der Waals surface area contributed by atoms with Crippen LogP contribution in [0.15, 0.2) is 63.9 Å². The van der Waals surface area contributed by atoms with Gasteiger partial charge in [-0.25, -0.2) is 0 Å². The van der Waals surface area contributed by atoms with Crippen molar-refractivity contribution in [1.82, 2.24) is 10.3 Å². The van der Waals surface area contributed by atoms with Crippen LogP contribution in [0.3, 0.4) is 0 Å². The Bertz CT molecular complexity index is 849. The number of nitrogens with zero attached hydrogens (tertiary/aromatic N) is 2. The second-order valence-corrected chi connectivity index (χ2v) is 7.92. The van der Waals surface area contributed by atoms with Crippen molar-refractivity contribution >= 4 is 36.2 Å². The molecule has 2 aliphatic carbocycles. The second-order valence-electron chi connectivity index (χ2n) is 6.84. The molecule has 6 nitrogen and oxygen atoms in total. The van der Waals surface area contributed by atoms with Crippen LogP contribution in [0.2, 0.25) is 5.02 Å². The number of halogens is 1. The smallest absolute Gasteiger partial charge is 0.228 e. The van der Waals surface area contributed by atoms with Gasteiger partial charge in [0.1, 0.15) is 0 Å². The first-order chi connectivity index (χ1) is 14.1. The zero-order valence-electron chi connectivity index (χ0n) is 16.1. The average molecular weight is 433 g/mol. The monoisotopic (exact) mass is 432 g/mol. The van der Waals surface area contributed by atoms with Gasteiger partial charge in [0.15, 0.2) is 0 Å². The summed E-state index contributed by atoms with van der Waals surface area (Å²) >= 11 is 7.28. The van der Waals surface area contributed by atoms with Crippen molar-refractivity contribution in [2.45, 2.75) is 31.8 Å². The molecule has 1 aromatic rings. The highest BCUT2D eigenvalue weighted by Crippen LogP contribution is 2.29. The molecule has 1 amide bonds. The zero-order valence-corrected chi connectivity index (χ0v) is 17.7. The van der Waals surface area contributed by atoms with Crippen molar-refractivity contribution in [2.24, 2.45) is 10.2 Å². The first-order valence-corrected chi connectivity index (χ1v) is 10.7. The average Bonchev–Trinajstić information content (AvgIpc) is 3.54. The largest absolute Gasteiger partial charge is 0.376 e. The fourth-order valence-corrected chi connectivity index (χ4v) is 3.53. The SMILES string of the molecule is C=NN(/C=C1\CC=C(NC(=O)Cc2ccccc2Cl)C=C1SN)CCOC1CC1. The van der Waals surface area contributed by atoms with Crippen molar-refractivity contribution in [3.8, 4) is 0 Å². The minimum atomic E-state index is -0.124. The van der Waals surface area contributed by atoms with Gasteiger partial charge in [0.25, 0.3) is 0 Å². The maximum absolute atomic E-state index is 12.4. The van der Waals surface area contributed by atoms with Gasteiger partial charge in [0.2, 0.25) is 5.91 Å². The summed E-state index contributed by atoms with van der Waals surface area (Å²) in [5, 5.41) is 15.2. The molecule has 0 radical (unpaired) electrons. The van der Waals surface area contributed by atoms with Crippen LogP contribution in [-0.4, -0.2) is 36.9 Å². The molecule has 0 heterocycles. The number of amides is 1. The Morgan fingerprint density at radius 3 is 2.93 bits per heavy atom. The van der Waals surface area contributed by atoms with Crippen LogP contribution in [0.4, 0.5) is 0 Å². The molecule has 0 aliphatic heterocycles. The summed E-state index contributed by atoms with van der Waals surface area (Å²) in [5.74, 6) is -0.124. The second kappa shape index (κ2) is 10.6. The highest BCUT2D eigenvalue weighted by Gasteiger charge is 2.22. The van der Waals surface area contributed by atoms with Crippen molar-refractivity contribution in [3.05, 3.63) is 69.4 Å². The summed E-state index contributed by atoms with van der Waals surface area (Å²) in [6, 6.07) is 7.33. The molecule has 3 rings (SSSR count). The minimum absolute atomic E-state index is 0.124. The molecule has 0 bridgehead atoms. The third-order valence-electron chi connectivity index (χ3n) is 4.55. The van der Waals surface area contributed by atoms with Crippen molar-refractivity contribution in [3.63, 3.8) is 0 Å². The minimum Gasteiger partial charge on any atom is -0.376 e. The Labute approximate surface area is 180 Å². The van der Waals surface area contributed by atoms with Gasteiger partial charge in [-0.3, -0.25) is 14.9 Å². The van der Waals surface area contributed by atoms with Crippen molar-refractivity contribution < 1.29 is 9.53 Å². The molecule has 1 fully saturated rings. The van der Waals surface area contributed by atoms with E-state index < -0.39 is 0 Å². The van der Waals surface area contributed by atoms with E-state index in [0.29, 0.717) is 30.7 Å². The lowest BCUT2D eigenvalue weighted by Gasteiger charge is -2.20. The van der Waals surface area contributed by atoms with Crippen molar-refractivity contribution in [1.29, 1.82) is 0 Å². The lowest BCUT2D eigenvalue weighted by molar-refractivity contribution is -0.119. The molecule has 2 aliphatic rings. The fourth-order valence-electron chi connectivity index (χ4n) is 2.85. The predicted molar refractivity (Wildman–Crippen MR) is 119 cm³/mol. The summed E-state index contributed by atoms with van der Waals surface area (Å²) in [5.41, 5.74) is 2.53. The summed E-state index contributed by atoms with van der Waals surface area (Å²) in [6.45, 7) is 4.88. The number of hydrazone groups is 1. The molecule has 0 aromatic heterocycles. The third kappa shape index (κ3) is 6.75. The van der Waals surface area contributed by atoms with Gasteiger partial charge in [-0.1, -0.05) is 35.9 Å². The number of nitrogens with one attached hydrogen (secondary N) is 1. The van der Waals surface area contributed by atoms with E-state index in [1.54, 1.807) is 11.1 Å². The Morgan fingerprint density at radius 1 is 1.45 bits per heavy atom. The first-order valence-electron chi connectivity index (χ1n) is 9.47. The van der Waals surface area contributed by atoms with E-state index in [4.69, 9.17) is 21.5 Å². The van der Waals surface area contributed by atoms with Gasteiger partial charge >= 0.3 is 0 Å². The maximum Gasteiger partial charge on any atom is 0.228 e. The van der Waals surface area contributed by atoms with E-state index in [1.807, 2.05) is 36.6 Å². The van der Waals surface area contributed by atoms with E-state index in [0.717, 1.165) is 46.5 Å². The number of hydrogen-bond donors (Lipinski definition) is 2. The number of rotatable bonds is 10. The molecule has 1 aromatic carbocycles. The molecular weight excluding hydrogens is 408 g/mol. The number of nitrogens with two attached hydrogens (primary N) is 1. The van der Waals surface area contributed by atoms with E-state index in [9.17, 15) is 4.79 Å². The maximum atomic E-state index is 12.4. The van der Waals surface area contributed by atoms with Crippen LogP contribution >= 0.6 is 23.5 Å². The summed E-state index contributed by atoms with van der Waals surface area (Å²) in [7, 11) is 0. The van der Waals surface area contributed by atoms with E-state index in [1.165, 1.54) is 0 Å². The third-order valence-corrected chi connectivity index (χ3v) is 5.55. The number of benzene rings is 1. The lowest BCUT2D eigenvalue weighted by atomic mass is 10.1. The van der Waals surface area contributed by atoms with Crippen LogP contribution in [0, 0.1) is 0 Å². The van der Waals surface area contributed by atoms with Crippen LogP contribution in [0.5, 0.6) is 0 Å². The van der Waals surface area contributed by atoms with Gasteiger partial charge in [-0.15, -0.1) is 0 Å². The van der Waals surface area contributed by atoms with Crippen molar-refractivity contribution in [2.75, 3.05) is 13.2 Å². The highest BCUT2D eigenvalue weighted by molar-refractivity contribution is 8.01. The van der Waals surface area contributed by atoms with E-state index >= 15 is 0 Å². The van der Waals surface area contributed by atoms with Gasteiger partial charge in [-0.2, -0.15) is 5.10 Å². The molecule has 3 N–H and O–H groups in total. The Balaban J connectivity index is 1.58. The Hall–Kier alpha value is -2.06. The Kier molecular flexibility index (Phi) is 7.94. The quantitative estimate of drug-likeness (QED) is 0.334. The molecular formula is C21H25ClN4O2S. The number of carbonyl (C=O) groups is 1. The number of ether oxygens (including phenoxy) is 1. The molecule has 0 saturated heterocycles.